The molecule has 8 nitrogen and oxygen atoms in total. The van der Waals surface area contributed by atoms with E-state index in [1.807, 2.05) is 25.1 Å². The van der Waals surface area contributed by atoms with Gasteiger partial charge >= 0.3 is 12.2 Å². The second-order valence-corrected chi connectivity index (χ2v) is 8.99. The lowest BCUT2D eigenvalue weighted by atomic mass is 10.1. The Labute approximate surface area is 183 Å². The summed E-state index contributed by atoms with van der Waals surface area (Å²) in [5.74, 6) is -0.363. The maximum absolute atomic E-state index is 12.7. The van der Waals surface area contributed by atoms with Crippen LogP contribution in [-0.2, 0) is 9.47 Å². The fourth-order valence-electron chi connectivity index (χ4n) is 2.57. The van der Waals surface area contributed by atoms with Gasteiger partial charge in [0, 0.05) is 11.8 Å². The highest BCUT2D eigenvalue weighted by Crippen LogP contribution is 2.25. The van der Waals surface area contributed by atoms with Crippen molar-refractivity contribution in [2.75, 3.05) is 0 Å². The van der Waals surface area contributed by atoms with Crippen molar-refractivity contribution in [2.45, 2.75) is 59.7 Å². The fraction of sp³-hybridized carbons (Fsp3) is 0.391. The van der Waals surface area contributed by atoms with Crippen molar-refractivity contribution in [2.24, 2.45) is 10.7 Å². The molecule has 1 aromatic carbocycles. The molecule has 2 N–H and O–H groups in total. The number of imide groups is 1. The van der Waals surface area contributed by atoms with Gasteiger partial charge in [-0.2, -0.15) is 0 Å². The number of amides is 2. The summed E-state index contributed by atoms with van der Waals surface area (Å²) in [6, 6.07) is 11.0. The number of nitrogens with two attached hydrogens (primary N) is 1. The van der Waals surface area contributed by atoms with Crippen LogP contribution in [0.25, 0.3) is 11.3 Å². The summed E-state index contributed by atoms with van der Waals surface area (Å²) in [6.07, 6.45) is -0.237. The van der Waals surface area contributed by atoms with Crippen LogP contribution in [0.5, 0.6) is 0 Å². The lowest BCUT2D eigenvalue weighted by Crippen LogP contribution is -2.49. The van der Waals surface area contributed by atoms with Crippen LogP contribution in [0.3, 0.4) is 0 Å². The third-order valence-electron chi connectivity index (χ3n) is 3.75. The summed E-state index contributed by atoms with van der Waals surface area (Å²) >= 11 is 0. The van der Waals surface area contributed by atoms with Crippen LogP contribution in [0.15, 0.2) is 47.6 Å². The van der Waals surface area contributed by atoms with Gasteiger partial charge in [-0.3, -0.25) is 4.98 Å². The monoisotopic (exact) mass is 426 g/mol. The van der Waals surface area contributed by atoms with Crippen molar-refractivity contribution < 1.29 is 19.1 Å². The van der Waals surface area contributed by atoms with Crippen LogP contribution in [0.4, 0.5) is 15.3 Å². The van der Waals surface area contributed by atoms with Crippen LogP contribution in [0.1, 0.15) is 47.1 Å². The first-order valence-electron chi connectivity index (χ1n) is 9.89. The normalized spacial score (nSPS) is 12.3. The molecular formula is C23H30N4O4. The number of rotatable bonds is 2. The van der Waals surface area contributed by atoms with Crippen molar-refractivity contribution in [3.63, 3.8) is 0 Å². The minimum atomic E-state index is -0.972. The lowest BCUT2D eigenvalue weighted by Gasteiger charge is -2.27. The lowest BCUT2D eigenvalue weighted by molar-refractivity contribution is 0.0145. The Morgan fingerprint density at radius 3 is 2.06 bits per heavy atom. The van der Waals surface area contributed by atoms with E-state index in [-0.39, 0.29) is 5.96 Å². The van der Waals surface area contributed by atoms with E-state index in [0.29, 0.717) is 10.6 Å². The topological polar surface area (TPSA) is 107 Å². The van der Waals surface area contributed by atoms with Crippen LogP contribution in [0, 0.1) is 6.92 Å². The number of guanidine groups is 1. The van der Waals surface area contributed by atoms with E-state index >= 15 is 0 Å². The Kier molecular flexibility index (Phi) is 7.05. The van der Waals surface area contributed by atoms with Gasteiger partial charge in [0.2, 0.25) is 5.96 Å². The number of carbonyl (C=O) groups excluding carboxylic acids is 2. The van der Waals surface area contributed by atoms with Crippen LogP contribution in [0.2, 0.25) is 0 Å². The molecule has 0 saturated carbocycles. The highest BCUT2D eigenvalue weighted by atomic mass is 16.6. The number of aryl methyl sites for hydroxylation is 1. The second kappa shape index (κ2) is 9.16. The zero-order valence-corrected chi connectivity index (χ0v) is 19.1. The number of hydrogen-bond donors (Lipinski definition) is 1. The van der Waals surface area contributed by atoms with E-state index in [0.717, 1.165) is 16.8 Å². The quantitative estimate of drug-likeness (QED) is 0.524. The molecule has 0 fully saturated rings. The molecule has 0 unspecified atom stereocenters. The molecule has 8 heteroatoms. The Morgan fingerprint density at radius 1 is 0.968 bits per heavy atom. The first-order chi connectivity index (χ1) is 14.3. The SMILES string of the molecule is Cc1cccnc1-c1cccc(N=C(N)N(C(=O)OC(C)(C)C)C(=O)OC(C)(C)C)c1. The maximum Gasteiger partial charge on any atom is 0.427 e. The molecule has 2 aromatic rings. The Morgan fingerprint density at radius 2 is 1.55 bits per heavy atom. The molecule has 0 radical (unpaired) electrons. The Hall–Kier alpha value is -3.42. The third kappa shape index (κ3) is 7.09. The highest BCUT2D eigenvalue weighted by Gasteiger charge is 2.34. The predicted molar refractivity (Wildman–Crippen MR) is 120 cm³/mol. The van der Waals surface area contributed by atoms with Gasteiger partial charge in [0.05, 0.1) is 11.4 Å². The van der Waals surface area contributed by atoms with Crippen LogP contribution in [-0.4, -0.2) is 39.2 Å². The van der Waals surface area contributed by atoms with Crippen LogP contribution < -0.4 is 5.73 Å². The van der Waals surface area contributed by atoms with Crippen molar-refractivity contribution in [1.82, 2.24) is 9.88 Å². The average molecular weight is 427 g/mol. The molecule has 0 aliphatic carbocycles. The van der Waals surface area contributed by atoms with Gasteiger partial charge in [-0.05, 0) is 72.2 Å². The zero-order chi connectivity index (χ0) is 23.4. The van der Waals surface area contributed by atoms with Crippen LogP contribution >= 0.6 is 0 Å². The minimum absolute atomic E-state index is 0.363. The van der Waals surface area contributed by atoms with Crippen molar-refractivity contribution in [3.8, 4) is 11.3 Å². The highest BCUT2D eigenvalue weighted by molar-refractivity contribution is 6.08. The summed E-state index contributed by atoms with van der Waals surface area (Å²) in [6.45, 7) is 12.1. The summed E-state index contributed by atoms with van der Waals surface area (Å²) in [7, 11) is 0. The number of carbonyl (C=O) groups is 2. The first kappa shape index (κ1) is 23.9. The van der Waals surface area contributed by atoms with E-state index in [2.05, 4.69) is 9.98 Å². The standard InChI is InChI=1S/C23H30N4O4/c1-15-10-9-13-25-18(15)16-11-8-12-17(14-16)26-19(24)27(20(28)30-22(2,3)4)21(29)31-23(5,6)7/h8-14H,1-7H3,(H2,24,26). The van der Waals surface area contributed by atoms with Crippen molar-refractivity contribution in [1.29, 1.82) is 0 Å². The van der Waals surface area contributed by atoms with E-state index in [1.165, 1.54) is 0 Å². The van der Waals surface area contributed by atoms with E-state index < -0.39 is 23.4 Å². The molecule has 0 atom stereocenters. The van der Waals surface area contributed by atoms with Gasteiger partial charge in [-0.15, -0.1) is 4.90 Å². The number of aliphatic imine (C=N–C) groups is 1. The van der Waals surface area contributed by atoms with Gasteiger partial charge in [-0.1, -0.05) is 18.2 Å². The number of hydrogen-bond acceptors (Lipinski definition) is 6. The zero-order valence-electron chi connectivity index (χ0n) is 19.1. The summed E-state index contributed by atoms with van der Waals surface area (Å²) in [4.78, 5) is 34.6. The van der Waals surface area contributed by atoms with Gasteiger partial charge in [0.15, 0.2) is 0 Å². The molecule has 2 rings (SSSR count). The first-order valence-corrected chi connectivity index (χ1v) is 9.89. The van der Waals surface area contributed by atoms with E-state index in [1.54, 1.807) is 65.9 Å². The fourth-order valence-corrected chi connectivity index (χ4v) is 2.57. The molecule has 0 bridgehead atoms. The predicted octanol–water partition coefficient (Wildman–Crippen LogP) is 5.18. The Bertz CT molecular complexity index is 960. The van der Waals surface area contributed by atoms with Gasteiger partial charge < -0.3 is 15.2 Å². The molecule has 0 aliphatic rings. The summed E-state index contributed by atoms with van der Waals surface area (Å²) in [5, 5.41) is 0. The molecule has 0 spiro atoms. The van der Waals surface area contributed by atoms with Crippen molar-refractivity contribution >= 4 is 23.8 Å². The number of ether oxygens (including phenoxy) is 2. The van der Waals surface area contributed by atoms with Gasteiger partial charge in [0.25, 0.3) is 0 Å². The minimum Gasteiger partial charge on any atom is -0.443 e. The number of aromatic nitrogens is 1. The smallest absolute Gasteiger partial charge is 0.427 e. The third-order valence-corrected chi connectivity index (χ3v) is 3.75. The van der Waals surface area contributed by atoms with E-state index in [9.17, 15) is 9.59 Å². The Balaban J connectivity index is 2.42. The maximum atomic E-state index is 12.7. The summed E-state index contributed by atoms with van der Waals surface area (Å²) < 4.78 is 10.6. The molecule has 0 saturated heterocycles. The number of nitrogens with zero attached hydrogens (tertiary/aromatic N) is 3. The molecule has 0 aliphatic heterocycles. The van der Waals surface area contributed by atoms with Gasteiger partial charge in [0.1, 0.15) is 11.2 Å². The summed E-state index contributed by atoms with van der Waals surface area (Å²) in [5.41, 5.74) is 7.46. The van der Waals surface area contributed by atoms with Crippen molar-refractivity contribution in [3.05, 3.63) is 48.2 Å². The number of benzene rings is 1. The molecule has 166 valence electrons. The molecule has 31 heavy (non-hydrogen) atoms. The second-order valence-electron chi connectivity index (χ2n) is 8.99. The molecule has 1 aromatic heterocycles. The number of pyridine rings is 1. The average Bonchev–Trinajstić information content (AvgIpc) is 2.59. The largest absolute Gasteiger partial charge is 0.443 e. The van der Waals surface area contributed by atoms with Gasteiger partial charge in [-0.25, -0.2) is 14.6 Å². The molecular weight excluding hydrogens is 396 g/mol. The van der Waals surface area contributed by atoms with E-state index in [4.69, 9.17) is 15.2 Å². The molecule has 2 amide bonds. The molecule has 1 heterocycles.